The standard InChI is InChI=1S/C10H15N3O5S2/c1-6-5-19-10(11-6)13-9(16)12-7(8(14)15)3-4-20(2,17)18/h5,7H,3-4H2,1-2H3,(H,14,15)(H2,11,12,13,16). The number of sulfone groups is 1. The van der Waals surface area contributed by atoms with Gasteiger partial charge in [-0.2, -0.15) is 0 Å². The van der Waals surface area contributed by atoms with Crippen molar-refractivity contribution in [2.45, 2.75) is 19.4 Å². The third-order valence-electron chi connectivity index (χ3n) is 2.22. The van der Waals surface area contributed by atoms with E-state index in [0.29, 0.717) is 5.13 Å². The summed E-state index contributed by atoms with van der Waals surface area (Å²) in [5.41, 5.74) is 0.733. The zero-order chi connectivity index (χ0) is 15.3. The van der Waals surface area contributed by atoms with Crippen molar-refractivity contribution in [3.63, 3.8) is 0 Å². The molecule has 1 rings (SSSR count). The predicted molar refractivity (Wildman–Crippen MR) is 74.8 cm³/mol. The van der Waals surface area contributed by atoms with Crippen LogP contribution in [0.3, 0.4) is 0 Å². The van der Waals surface area contributed by atoms with Gasteiger partial charge in [0.1, 0.15) is 15.9 Å². The van der Waals surface area contributed by atoms with Crippen LogP contribution in [-0.4, -0.2) is 48.6 Å². The van der Waals surface area contributed by atoms with Crippen LogP contribution < -0.4 is 10.6 Å². The van der Waals surface area contributed by atoms with Gasteiger partial charge in [-0.25, -0.2) is 23.0 Å². The number of carbonyl (C=O) groups is 2. The van der Waals surface area contributed by atoms with Crippen molar-refractivity contribution in [2.24, 2.45) is 0 Å². The second kappa shape index (κ2) is 6.66. The van der Waals surface area contributed by atoms with Crippen LogP contribution in [-0.2, 0) is 14.6 Å². The molecule has 20 heavy (non-hydrogen) atoms. The molecular weight excluding hydrogens is 306 g/mol. The van der Waals surface area contributed by atoms with E-state index in [2.05, 4.69) is 15.6 Å². The fraction of sp³-hybridized carbons (Fsp3) is 0.500. The lowest BCUT2D eigenvalue weighted by atomic mass is 10.2. The summed E-state index contributed by atoms with van der Waals surface area (Å²) in [6.07, 6.45) is 0.808. The SMILES string of the molecule is Cc1csc(NC(=O)NC(CCS(C)(=O)=O)C(=O)O)n1. The Morgan fingerprint density at radius 2 is 2.15 bits per heavy atom. The summed E-state index contributed by atoms with van der Waals surface area (Å²) in [5, 5.41) is 15.6. The van der Waals surface area contributed by atoms with Crippen LogP contribution in [0.5, 0.6) is 0 Å². The smallest absolute Gasteiger partial charge is 0.326 e. The highest BCUT2D eigenvalue weighted by molar-refractivity contribution is 7.90. The van der Waals surface area contributed by atoms with Gasteiger partial charge in [0.05, 0.1) is 11.4 Å². The third kappa shape index (κ3) is 5.97. The summed E-state index contributed by atoms with van der Waals surface area (Å²) < 4.78 is 22.0. The first-order chi connectivity index (χ1) is 9.17. The van der Waals surface area contributed by atoms with Crippen molar-refractivity contribution in [1.82, 2.24) is 10.3 Å². The summed E-state index contributed by atoms with van der Waals surface area (Å²) in [6, 6.07) is -2.01. The molecule has 0 aliphatic rings. The van der Waals surface area contributed by atoms with Gasteiger partial charge in [-0.15, -0.1) is 11.3 Å². The number of urea groups is 1. The van der Waals surface area contributed by atoms with Gasteiger partial charge >= 0.3 is 12.0 Å². The van der Waals surface area contributed by atoms with E-state index >= 15 is 0 Å². The monoisotopic (exact) mass is 321 g/mol. The molecule has 1 atom stereocenters. The minimum absolute atomic E-state index is 0.196. The van der Waals surface area contributed by atoms with Gasteiger partial charge in [0.25, 0.3) is 0 Å². The Morgan fingerprint density at radius 1 is 1.50 bits per heavy atom. The molecule has 0 aromatic carbocycles. The Bertz CT molecular complexity index is 596. The van der Waals surface area contributed by atoms with E-state index < -0.39 is 27.9 Å². The summed E-state index contributed by atoms with van der Waals surface area (Å²) in [7, 11) is -3.29. The number of carboxylic acid groups (broad SMARTS) is 1. The van der Waals surface area contributed by atoms with E-state index in [1.165, 1.54) is 11.3 Å². The number of thiazole rings is 1. The first kappa shape index (κ1) is 16.4. The number of aliphatic carboxylic acids is 1. The van der Waals surface area contributed by atoms with Crippen LogP contribution in [0.2, 0.25) is 0 Å². The molecule has 1 heterocycles. The lowest BCUT2D eigenvalue weighted by Crippen LogP contribution is -2.43. The lowest BCUT2D eigenvalue weighted by molar-refractivity contribution is -0.139. The Balaban J connectivity index is 2.57. The topological polar surface area (TPSA) is 125 Å². The van der Waals surface area contributed by atoms with Crippen LogP contribution in [0.4, 0.5) is 9.93 Å². The second-order valence-electron chi connectivity index (χ2n) is 4.20. The number of nitrogens with zero attached hydrogens (tertiary/aromatic N) is 1. The molecule has 112 valence electrons. The van der Waals surface area contributed by atoms with Gasteiger partial charge in [0.2, 0.25) is 0 Å². The molecule has 0 spiro atoms. The fourth-order valence-corrected chi connectivity index (χ4v) is 2.64. The number of hydrogen-bond donors (Lipinski definition) is 3. The highest BCUT2D eigenvalue weighted by atomic mass is 32.2. The zero-order valence-electron chi connectivity index (χ0n) is 10.9. The molecule has 0 aliphatic heterocycles. The van der Waals surface area contributed by atoms with Crippen LogP contribution in [0, 0.1) is 6.92 Å². The molecular formula is C10H15N3O5S2. The molecule has 0 fully saturated rings. The molecule has 0 saturated carbocycles. The van der Waals surface area contributed by atoms with Crippen LogP contribution in [0.1, 0.15) is 12.1 Å². The Morgan fingerprint density at radius 3 is 2.60 bits per heavy atom. The number of rotatable bonds is 6. The van der Waals surface area contributed by atoms with E-state index in [4.69, 9.17) is 5.11 Å². The molecule has 1 aromatic rings. The largest absolute Gasteiger partial charge is 0.480 e. The van der Waals surface area contributed by atoms with E-state index in [1.54, 1.807) is 12.3 Å². The Hall–Kier alpha value is -1.68. The van der Waals surface area contributed by atoms with Gasteiger partial charge in [0, 0.05) is 11.6 Å². The minimum Gasteiger partial charge on any atom is -0.480 e. The van der Waals surface area contributed by atoms with E-state index in [1.807, 2.05) is 0 Å². The van der Waals surface area contributed by atoms with Gasteiger partial charge < -0.3 is 10.4 Å². The highest BCUT2D eigenvalue weighted by Gasteiger charge is 2.22. The number of hydrogen-bond acceptors (Lipinski definition) is 6. The fourth-order valence-electron chi connectivity index (χ4n) is 1.29. The van der Waals surface area contributed by atoms with Gasteiger partial charge in [-0.05, 0) is 13.3 Å². The lowest BCUT2D eigenvalue weighted by Gasteiger charge is -2.13. The molecule has 3 N–H and O–H groups in total. The Kier molecular flexibility index (Phi) is 5.45. The molecule has 1 unspecified atom stereocenters. The molecule has 1 aromatic heterocycles. The maximum Gasteiger partial charge on any atom is 0.326 e. The number of anilines is 1. The van der Waals surface area contributed by atoms with Gasteiger partial charge in [-0.1, -0.05) is 0 Å². The zero-order valence-corrected chi connectivity index (χ0v) is 12.5. The maximum atomic E-state index is 11.6. The number of carbonyl (C=O) groups excluding carboxylic acids is 1. The number of carboxylic acids is 1. The second-order valence-corrected chi connectivity index (χ2v) is 7.32. The molecule has 0 radical (unpaired) electrons. The maximum absolute atomic E-state index is 11.6. The summed E-state index contributed by atoms with van der Waals surface area (Å²) in [4.78, 5) is 26.5. The van der Waals surface area contributed by atoms with Crippen LogP contribution in [0.15, 0.2) is 5.38 Å². The number of nitrogens with one attached hydrogen (secondary N) is 2. The molecule has 2 amide bonds. The van der Waals surface area contributed by atoms with E-state index in [9.17, 15) is 18.0 Å². The summed E-state index contributed by atoms with van der Waals surface area (Å²) in [5.74, 6) is -1.61. The molecule has 10 heteroatoms. The van der Waals surface area contributed by atoms with E-state index in [0.717, 1.165) is 11.9 Å². The number of aryl methyl sites for hydroxylation is 1. The van der Waals surface area contributed by atoms with E-state index in [-0.39, 0.29) is 12.2 Å². The van der Waals surface area contributed by atoms with Crippen LogP contribution >= 0.6 is 11.3 Å². The molecule has 0 aliphatic carbocycles. The Labute approximate surface area is 120 Å². The quantitative estimate of drug-likeness (QED) is 0.699. The average Bonchev–Trinajstić information content (AvgIpc) is 2.68. The minimum atomic E-state index is -3.29. The average molecular weight is 321 g/mol. The number of amides is 2. The predicted octanol–water partition coefficient (Wildman–Crippen LogP) is 0.461. The van der Waals surface area contributed by atoms with Crippen molar-refractivity contribution in [2.75, 3.05) is 17.3 Å². The van der Waals surface area contributed by atoms with Crippen molar-refractivity contribution in [1.29, 1.82) is 0 Å². The van der Waals surface area contributed by atoms with Crippen molar-refractivity contribution in [3.8, 4) is 0 Å². The van der Waals surface area contributed by atoms with Crippen molar-refractivity contribution < 1.29 is 23.1 Å². The molecule has 0 bridgehead atoms. The van der Waals surface area contributed by atoms with Crippen molar-refractivity contribution in [3.05, 3.63) is 11.1 Å². The summed E-state index contributed by atoms with van der Waals surface area (Å²) in [6.45, 7) is 1.76. The highest BCUT2D eigenvalue weighted by Crippen LogP contribution is 2.14. The molecule has 8 nitrogen and oxygen atoms in total. The van der Waals surface area contributed by atoms with Gasteiger partial charge in [0.15, 0.2) is 5.13 Å². The first-order valence-corrected chi connectivity index (χ1v) is 8.51. The van der Waals surface area contributed by atoms with Crippen molar-refractivity contribution >= 4 is 38.3 Å². The first-order valence-electron chi connectivity index (χ1n) is 5.57. The summed E-state index contributed by atoms with van der Waals surface area (Å²) >= 11 is 1.20. The number of aromatic nitrogens is 1. The van der Waals surface area contributed by atoms with Gasteiger partial charge in [-0.3, -0.25) is 5.32 Å². The molecule has 0 saturated heterocycles. The normalized spacial score (nSPS) is 12.7. The third-order valence-corrected chi connectivity index (χ3v) is 4.07. The van der Waals surface area contributed by atoms with Crippen LogP contribution in [0.25, 0.3) is 0 Å².